The molecule has 0 N–H and O–H groups in total. The van der Waals surface area contributed by atoms with Crippen LogP contribution in [0.4, 0.5) is 9.59 Å². The molecule has 0 fully saturated rings. The molecule has 0 aromatic heterocycles. The average Bonchev–Trinajstić information content (AvgIpc) is 1.61. The summed E-state index contributed by atoms with van der Waals surface area (Å²) < 4.78 is 0. The maximum Gasteiger partial charge on any atom is 1.00 e. The van der Waals surface area contributed by atoms with Gasteiger partial charge >= 0.3 is 59.1 Å². The molecule has 0 unspecified atom stereocenters. The van der Waals surface area contributed by atoms with E-state index in [0.29, 0.717) is 0 Å². The molecule has 0 atom stereocenters. The van der Waals surface area contributed by atoms with Crippen LogP contribution in [0.15, 0.2) is 10.2 Å². The number of carboxylic acid groups (broad SMARTS) is 2. The molecular weight excluding hydrogens is 162 g/mol. The largest absolute Gasteiger partial charge is 1.00 e. The third-order valence-electron chi connectivity index (χ3n) is 0.213. The Morgan fingerprint density at radius 1 is 0.900 bits per heavy atom. The minimum Gasteiger partial charge on any atom is -0.527 e. The summed E-state index contributed by atoms with van der Waals surface area (Å²) in [6, 6.07) is 0. The molecule has 0 bridgehead atoms. The summed E-state index contributed by atoms with van der Waals surface area (Å²) in [6.07, 6.45) is -3.82. The van der Waals surface area contributed by atoms with Crippen LogP contribution in [0.1, 0.15) is 0 Å². The monoisotopic (exact) mass is 162 g/mol. The van der Waals surface area contributed by atoms with E-state index < -0.39 is 12.2 Å². The molecule has 0 spiro atoms. The molecule has 0 saturated heterocycles. The molecule has 0 aromatic carbocycles. The molecule has 0 aliphatic carbocycles. The molecule has 0 heterocycles. The standard InChI is InChI=1S/C2H2N2O4.2Na/c5-1(6)3-4-2(7)8;;/h(H,5,6)(H,7,8);;/q;2*+1/p-2/b4-3+;;. The number of nitrogens with zero attached hydrogens (tertiary/aromatic N) is 2. The molecule has 0 saturated carbocycles. The van der Waals surface area contributed by atoms with Gasteiger partial charge in [-0.15, -0.1) is 10.2 Å². The number of azo groups is 1. The van der Waals surface area contributed by atoms with E-state index in [2.05, 4.69) is 10.2 Å². The first kappa shape index (κ1) is 16.9. The maximum atomic E-state index is 9.24. The zero-order valence-corrected chi connectivity index (χ0v) is 9.53. The van der Waals surface area contributed by atoms with E-state index in [-0.39, 0.29) is 59.1 Å². The van der Waals surface area contributed by atoms with Gasteiger partial charge < -0.3 is 19.8 Å². The van der Waals surface area contributed by atoms with Gasteiger partial charge in [-0.1, -0.05) is 0 Å². The van der Waals surface area contributed by atoms with Crippen molar-refractivity contribution in [2.24, 2.45) is 10.2 Å². The predicted octanol–water partition coefficient (Wildman–Crippen LogP) is -7.87. The minimum absolute atomic E-state index is 0. The summed E-state index contributed by atoms with van der Waals surface area (Å²) >= 11 is 0. The van der Waals surface area contributed by atoms with E-state index in [1.54, 1.807) is 0 Å². The van der Waals surface area contributed by atoms with Crippen molar-refractivity contribution in [2.45, 2.75) is 0 Å². The van der Waals surface area contributed by atoms with Crippen molar-refractivity contribution < 1.29 is 78.9 Å². The van der Waals surface area contributed by atoms with Gasteiger partial charge in [-0.3, -0.25) is 0 Å². The van der Waals surface area contributed by atoms with Gasteiger partial charge in [0.15, 0.2) is 12.2 Å². The molecule has 0 aromatic rings. The molecule has 8 heteroatoms. The number of hydrogen-bond acceptors (Lipinski definition) is 4. The minimum atomic E-state index is -1.91. The Kier molecular flexibility index (Phi) is 16.1. The van der Waals surface area contributed by atoms with E-state index in [1.165, 1.54) is 0 Å². The van der Waals surface area contributed by atoms with Gasteiger partial charge in [0.1, 0.15) is 0 Å². The van der Waals surface area contributed by atoms with Crippen LogP contribution in [0.3, 0.4) is 0 Å². The fourth-order valence-electron chi connectivity index (χ4n) is 0.0816. The second kappa shape index (κ2) is 9.54. The van der Waals surface area contributed by atoms with E-state index >= 15 is 0 Å². The molecule has 44 valence electrons. The summed E-state index contributed by atoms with van der Waals surface area (Å²) in [5.41, 5.74) is 0. The fraction of sp³-hybridized carbons (Fsp3) is 0. The number of carbonyl (C=O) groups is 2. The Hall–Kier alpha value is 0.540. The van der Waals surface area contributed by atoms with Crippen molar-refractivity contribution in [3.8, 4) is 0 Å². The summed E-state index contributed by atoms with van der Waals surface area (Å²) in [5, 5.41) is 22.7. The van der Waals surface area contributed by atoms with Crippen LogP contribution in [-0.2, 0) is 0 Å². The van der Waals surface area contributed by atoms with E-state index in [0.717, 1.165) is 0 Å². The molecule has 6 nitrogen and oxygen atoms in total. The van der Waals surface area contributed by atoms with Gasteiger partial charge in [-0.2, -0.15) is 0 Å². The van der Waals surface area contributed by atoms with E-state index in [4.69, 9.17) is 0 Å². The third-order valence-corrected chi connectivity index (χ3v) is 0.213. The first-order chi connectivity index (χ1) is 3.63. The Balaban J connectivity index is -0.000000245. The Bertz CT molecular complexity index is 130. The van der Waals surface area contributed by atoms with Crippen LogP contribution in [0.5, 0.6) is 0 Å². The SMILES string of the molecule is O=C([O-])/N=N/C(=O)[O-].[Na+].[Na+]. The van der Waals surface area contributed by atoms with Gasteiger partial charge in [0.25, 0.3) is 0 Å². The summed E-state index contributed by atoms with van der Waals surface area (Å²) in [7, 11) is 0. The molecule has 0 radical (unpaired) electrons. The van der Waals surface area contributed by atoms with Crippen LogP contribution in [-0.4, -0.2) is 12.2 Å². The van der Waals surface area contributed by atoms with Crippen LogP contribution in [0.2, 0.25) is 0 Å². The Morgan fingerprint density at radius 3 is 1.20 bits per heavy atom. The van der Waals surface area contributed by atoms with Gasteiger partial charge in [-0.25, -0.2) is 0 Å². The fourth-order valence-corrected chi connectivity index (χ4v) is 0.0816. The van der Waals surface area contributed by atoms with Crippen LogP contribution in [0.25, 0.3) is 0 Å². The second-order valence-corrected chi connectivity index (χ2v) is 0.732. The smallest absolute Gasteiger partial charge is 0.527 e. The van der Waals surface area contributed by atoms with Gasteiger partial charge in [0.05, 0.1) is 0 Å². The van der Waals surface area contributed by atoms with Gasteiger partial charge in [0, 0.05) is 0 Å². The zero-order chi connectivity index (χ0) is 6.57. The van der Waals surface area contributed by atoms with Crippen LogP contribution < -0.4 is 69.3 Å². The maximum absolute atomic E-state index is 9.24. The number of amides is 2. The topological polar surface area (TPSA) is 105 Å². The predicted molar refractivity (Wildman–Crippen MR) is 15.6 cm³/mol. The summed E-state index contributed by atoms with van der Waals surface area (Å²) in [4.78, 5) is 18.5. The molecule has 10 heavy (non-hydrogen) atoms. The normalized spacial score (nSPS) is 7.60. The van der Waals surface area contributed by atoms with Crippen molar-refractivity contribution in [3.05, 3.63) is 0 Å². The van der Waals surface area contributed by atoms with Crippen molar-refractivity contribution in [1.29, 1.82) is 0 Å². The Morgan fingerprint density at radius 2 is 1.10 bits per heavy atom. The Labute approximate surface area is 100 Å². The average molecular weight is 162 g/mol. The van der Waals surface area contributed by atoms with Crippen LogP contribution in [0, 0.1) is 0 Å². The van der Waals surface area contributed by atoms with E-state index in [1.807, 2.05) is 0 Å². The third kappa shape index (κ3) is 15.8. The molecule has 0 rings (SSSR count). The molecule has 2 amide bonds. The van der Waals surface area contributed by atoms with Crippen molar-refractivity contribution in [1.82, 2.24) is 0 Å². The molecule has 0 aliphatic rings. The molecule has 0 aliphatic heterocycles. The van der Waals surface area contributed by atoms with Gasteiger partial charge in [-0.05, 0) is 0 Å². The number of hydrogen-bond donors (Lipinski definition) is 0. The van der Waals surface area contributed by atoms with Crippen molar-refractivity contribution >= 4 is 12.2 Å². The van der Waals surface area contributed by atoms with E-state index in [9.17, 15) is 19.8 Å². The van der Waals surface area contributed by atoms with Gasteiger partial charge in [0.2, 0.25) is 0 Å². The first-order valence-electron chi connectivity index (χ1n) is 1.46. The van der Waals surface area contributed by atoms with Crippen molar-refractivity contribution in [3.63, 3.8) is 0 Å². The number of carbonyl (C=O) groups excluding carboxylic acids is 2. The molecular formula is C2N2Na2O4. The van der Waals surface area contributed by atoms with Crippen LogP contribution >= 0.6 is 0 Å². The zero-order valence-electron chi connectivity index (χ0n) is 5.53. The number of rotatable bonds is 0. The summed E-state index contributed by atoms with van der Waals surface area (Å²) in [5.74, 6) is 0. The quantitative estimate of drug-likeness (QED) is 0.260. The van der Waals surface area contributed by atoms with Crippen molar-refractivity contribution in [2.75, 3.05) is 0 Å². The first-order valence-corrected chi connectivity index (χ1v) is 1.46. The summed E-state index contributed by atoms with van der Waals surface area (Å²) in [6.45, 7) is 0. The second-order valence-electron chi connectivity index (χ2n) is 0.732.